The molecule has 0 aromatic carbocycles. The van der Waals surface area contributed by atoms with E-state index in [1.165, 1.54) is 0 Å². The second-order valence-electron chi connectivity index (χ2n) is 3.93. The van der Waals surface area contributed by atoms with Crippen molar-refractivity contribution in [2.75, 3.05) is 6.61 Å². The molecule has 0 amide bonds. The molecule has 0 rings (SSSR count). The molecule has 0 spiro atoms. The van der Waals surface area contributed by atoms with Crippen LogP contribution in [0, 0.1) is 23.7 Å². The standard InChI is InChI=1S/C17H22O2/c1-2-14-17(19)15-12-10-8-6-4-3-5-7-9-11-13-16-18/h4,6,8,10-11,13,17-19H,2,12,14-16H2,1H3/b6-4+,10-8+,13-11-. The van der Waals surface area contributed by atoms with Gasteiger partial charge in [-0.3, -0.25) is 0 Å². The molecule has 0 aliphatic heterocycles. The van der Waals surface area contributed by atoms with E-state index in [0.29, 0.717) is 0 Å². The summed E-state index contributed by atoms with van der Waals surface area (Å²) in [6.45, 7) is 2.07. The zero-order valence-corrected chi connectivity index (χ0v) is 11.5. The van der Waals surface area contributed by atoms with Crippen molar-refractivity contribution in [3.05, 3.63) is 36.5 Å². The number of rotatable bonds is 7. The minimum Gasteiger partial charge on any atom is -0.393 e. The lowest BCUT2D eigenvalue weighted by atomic mass is 10.1. The van der Waals surface area contributed by atoms with E-state index in [4.69, 9.17) is 5.11 Å². The molecule has 0 heterocycles. The Labute approximate surface area is 116 Å². The minimum absolute atomic E-state index is 0.000239. The summed E-state index contributed by atoms with van der Waals surface area (Å²) >= 11 is 0. The van der Waals surface area contributed by atoms with Crippen molar-refractivity contribution in [2.45, 2.75) is 38.7 Å². The summed E-state index contributed by atoms with van der Waals surface area (Å²) < 4.78 is 0. The predicted octanol–water partition coefficient (Wildman–Crippen LogP) is 2.60. The Morgan fingerprint density at radius 3 is 2.42 bits per heavy atom. The molecule has 0 bridgehead atoms. The Bertz CT molecular complexity index is 408. The summed E-state index contributed by atoms with van der Waals surface area (Å²) in [6.07, 6.45) is 14.1. The van der Waals surface area contributed by atoms with Gasteiger partial charge in [0.15, 0.2) is 0 Å². The quantitative estimate of drug-likeness (QED) is 0.544. The van der Waals surface area contributed by atoms with Gasteiger partial charge in [0, 0.05) is 0 Å². The van der Waals surface area contributed by atoms with Crippen molar-refractivity contribution >= 4 is 0 Å². The van der Waals surface area contributed by atoms with E-state index in [1.807, 2.05) is 18.2 Å². The average Bonchev–Trinajstić information content (AvgIpc) is 2.40. The summed E-state index contributed by atoms with van der Waals surface area (Å²) in [5, 5.41) is 17.9. The Hall–Kier alpha value is -1.74. The topological polar surface area (TPSA) is 40.5 Å². The lowest BCUT2D eigenvalue weighted by Crippen LogP contribution is -2.04. The molecule has 2 heteroatoms. The number of aliphatic hydroxyl groups is 2. The van der Waals surface area contributed by atoms with E-state index in [-0.39, 0.29) is 12.7 Å². The number of hydrogen-bond donors (Lipinski definition) is 2. The van der Waals surface area contributed by atoms with Crippen LogP contribution in [0.25, 0.3) is 0 Å². The highest BCUT2D eigenvalue weighted by molar-refractivity contribution is 5.34. The molecule has 0 fully saturated rings. The van der Waals surface area contributed by atoms with E-state index in [1.54, 1.807) is 18.2 Å². The van der Waals surface area contributed by atoms with Crippen LogP contribution in [-0.2, 0) is 0 Å². The molecule has 0 radical (unpaired) electrons. The molecular weight excluding hydrogens is 236 g/mol. The van der Waals surface area contributed by atoms with Crippen molar-refractivity contribution in [1.29, 1.82) is 0 Å². The maximum atomic E-state index is 9.50. The van der Waals surface area contributed by atoms with Gasteiger partial charge in [0.05, 0.1) is 12.7 Å². The molecule has 102 valence electrons. The Kier molecular flexibility index (Phi) is 13.0. The molecule has 2 N–H and O–H groups in total. The molecule has 0 aromatic rings. The van der Waals surface area contributed by atoms with E-state index < -0.39 is 0 Å². The van der Waals surface area contributed by atoms with Gasteiger partial charge in [-0.1, -0.05) is 49.5 Å². The first kappa shape index (κ1) is 17.3. The number of allylic oxidation sites excluding steroid dienone is 5. The summed E-state index contributed by atoms with van der Waals surface area (Å²) in [6, 6.07) is 0. The smallest absolute Gasteiger partial charge is 0.0621 e. The number of hydrogen-bond acceptors (Lipinski definition) is 2. The number of aliphatic hydroxyl groups excluding tert-OH is 2. The van der Waals surface area contributed by atoms with Crippen LogP contribution < -0.4 is 0 Å². The highest BCUT2D eigenvalue weighted by Gasteiger charge is 1.98. The van der Waals surface area contributed by atoms with Crippen LogP contribution in [0.1, 0.15) is 32.6 Å². The third-order valence-electron chi connectivity index (χ3n) is 2.23. The SMILES string of the molecule is CCCC(O)CC/C=C/C=C/C#CC#C/C=C\CO. The van der Waals surface area contributed by atoms with Crippen LogP contribution in [0.2, 0.25) is 0 Å². The van der Waals surface area contributed by atoms with Crippen molar-refractivity contribution in [3.8, 4) is 23.7 Å². The molecule has 2 nitrogen and oxygen atoms in total. The Morgan fingerprint density at radius 1 is 1.00 bits per heavy atom. The lowest BCUT2D eigenvalue weighted by molar-refractivity contribution is 0.155. The first-order valence-electron chi connectivity index (χ1n) is 6.58. The average molecular weight is 258 g/mol. The van der Waals surface area contributed by atoms with Crippen molar-refractivity contribution in [3.63, 3.8) is 0 Å². The van der Waals surface area contributed by atoms with E-state index >= 15 is 0 Å². The first-order valence-corrected chi connectivity index (χ1v) is 6.58. The fourth-order valence-corrected chi connectivity index (χ4v) is 1.31. The van der Waals surface area contributed by atoms with Gasteiger partial charge in [-0.05, 0) is 43.3 Å². The normalized spacial score (nSPS) is 12.4. The second-order valence-corrected chi connectivity index (χ2v) is 3.93. The molecule has 1 atom stereocenters. The molecule has 0 aromatic heterocycles. The summed E-state index contributed by atoms with van der Waals surface area (Å²) in [4.78, 5) is 0. The van der Waals surface area contributed by atoms with Gasteiger partial charge < -0.3 is 10.2 Å². The van der Waals surface area contributed by atoms with Gasteiger partial charge in [0.25, 0.3) is 0 Å². The van der Waals surface area contributed by atoms with Crippen LogP contribution in [-0.4, -0.2) is 22.9 Å². The van der Waals surface area contributed by atoms with Crippen molar-refractivity contribution < 1.29 is 10.2 Å². The van der Waals surface area contributed by atoms with Gasteiger partial charge in [0.1, 0.15) is 0 Å². The van der Waals surface area contributed by atoms with Crippen LogP contribution >= 0.6 is 0 Å². The zero-order chi connectivity index (χ0) is 14.2. The van der Waals surface area contributed by atoms with Crippen LogP contribution in [0.3, 0.4) is 0 Å². The lowest BCUT2D eigenvalue weighted by Gasteiger charge is -2.05. The summed E-state index contributed by atoms with van der Waals surface area (Å²) in [5.74, 6) is 10.8. The van der Waals surface area contributed by atoms with Gasteiger partial charge in [0.2, 0.25) is 0 Å². The molecule has 0 saturated heterocycles. The Morgan fingerprint density at radius 2 is 1.74 bits per heavy atom. The van der Waals surface area contributed by atoms with Crippen LogP contribution in [0.15, 0.2) is 36.5 Å². The zero-order valence-electron chi connectivity index (χ0n) is 11.5. The van der Waals surface area contributed by atoms with Gasteiger partial charge in [-0.25, -0.2) is 0 Å². The highest BCUT2D eigenvalue weighted by atomic mass is 16.3. The maximum absolute atomic E-state index is 9.50. The molecule has 19 heavy (non-hydrogen) atoms. The highest BCUT2D eigenvalue weighted by Crippen LogP contribution is 2.04. The van der Waals surface area contributed by atoms with Gasteiger partial charge in [-0.2, -0.15) is 0 Å². The van der Waals surface area contributed by atoms with Crippen LogP contribution in [0.4, 0.5) is 0 Å². The minimum atomic E-state index is -0.180. The van der Waals surface area contributed by atoms with Gasteiger partial charge in [-0.15, -0.1) is 0 Å². The van der Waals surface area contributed by atoms with E-state index in [9.17, 15) is 5.11 Å². The molecule has 0 aliphatic carbocycles. The molecule has 0 saturated carbocycles. The monoisotopic (exact) mass is 258 g/mol. The van der Waals surface area contributed by atoms with Crippen molar-refractivity contribution in [1.82, 2.24) is 0 Å². The summed E-state index contributed by atoms with van der Waals surface area (Å²) in [5.41, 5.74) is 0. The largest absolute Gasteiger partial charge is 0.393 e. The molecule has 1 unspecified atom stereocenters. The molecular formula is C17H22O2. The maximum Gasteiger partial charge on any atom is 0.0621 e. The Balaban J connectivity index is 3.75. The summed E-state index contributed by atoms with van der Waals surface area (Å²) in [7, 11) is 0. The first-order chi connectivity index (χ1) is 9.31. The van der Waals surface area contributed by atoms with Crippen LogP contribution in [0.5, 0.6) is 0 Å². The van der Waals surface area contributed by atoms with E-state index in [0.717, 1.165) is 25.7 Å². The van der Waals surface area contributed by atoms with Gasteiger partial charge >= 0.3 is 0 Å². The third-order valence-corrected chi connectivity index (χ3v) is 2.23. The molecule has 0 aliphatic rings. The fourth-order valence-electron chi connectivity index (χ4n) is 1.31. The van der Waals surface area contributed by atoms with Crippen molar-refractivity contribution in [2.24, 2.45) is 0 Å². The van der Waals surface area contributed by atoms with E-state index in [2.05, 4.69) is 30.6 Å². The predicted molar refractivity (Wildman–Crippen MR) is 80.2 cm³/mol. The second kappa shape index (κ2) is 14.3. The fraction of sp³-hybridized carbons (Fsp3) is 0.412. The third kappa shape index (κ3) is 14.2.